The van der Waals surface area contributed by atoms with Gasteiger partial charge in [-0.25, -0.2) is 4.98 Å². The van der Waals surface area contributed by atoms with Gasteiger partial charge in [-0.2, -0.15) is 0 Å². The molecule has 0 amide bonds. The second-order valence-corrected chi connectivity index (χ2v) is 21.2. The van der Waals surface area contributed by atoms with E-state index in [9.17, 15) is 0 Å². The third-order valence-electron chi connectivity index (χ3n) is 16.2. The van der Waals surface area contributed by atoms with E-state index in [1.807, 2.05) is 11.3 Å². The van der Waals surface area contributed by atoms with Crippen molar-refractivity contribution >= 4 is 80.5 Å². The summed E-state index contributed by atoms with van der Waals surface area (Å²) >= 11 is 1.83. The first-order valence-corrected chi connectivity index (χ1v) is 26.7. The molecule has 16 rings (SSSR count). The van der Waals surface area contributed by atoms with Crippen LogP contribution in [0.1, 0.15) is 22.3 Å². The molecule has 348 valence electrons. The Morgan fingerprint density at radius 3 is 1.53 bits per heavy atom. The highest BCUT2D eigenvalue weighted by Crippen LogP contribution is 2.58. The van der Waals surface area contributed by atoms with Crippen LogP contribution < -0.4 is 0 Å². The first-order chi connectivity index (χ1) is 37.2. The summed E-state index contributed by atoms with van der Waals surface area (Å²) in [6.07, 6.45) is 0. The number of nitrogens with zero attached hydrogens (tertiary/aromatic N) is 2. The number of fused-ring (bicyclic) bond motifs is 13. The van der Waals surface area contributed by atoms with E-state index in [1.54, 1.807) is 0 Å². The number of benzene rings is 12. The highest BCUT2D eigenvalue weighted by Gasteiger charge is 2.46. The van der Waals surface area contributed by atoms with Crippen molar-refractivity contribution in [2.45, 2.75) is 5.41 Å². The predicted octanol–water partition coefficient (Wildman–Crippen LogP) is 19.3. The molecule has 0 N–H and O–H groups in total. The van der Waals surface area contributed by atoms with E-state index in [2.05, 4.69) is 271 Å². The Hall–Kier alpha value is -9.41. The van der Waals surface area contributed by atoms with Gasteiger partial charge >= 0.3 is 0 Å². The SMILES string of the molecule is c1ccc(C2(c3ccccc3)c3ccccc3-c3c(-c4ccc(-c5ccc(-c6ccc(-c7cc8c9ccccc9sc8c8nc9cc%10cc%11ccccc%11cc%10cc9n78)cc6)c6ccccc56)cc4)cccc32)cc1. The molecule has 0 bridgehead atoms. The molecule has 3 heterocycles. The third-order valence-corrected chi connectivity index (χ3v) is 17.4. The van der Waals surface area contributed by atoms with Crippen molar-refractivity contribution < 1.29 is 0 Å². The van der Waals surface area contributed by atoms with Crippen LogP contribution in [-0.2, 0) is 5.41 Å². The highest BCUT2D eigenvalue weighted by atomic mass is 32.1. The standard InChI is InChI=1S/C72H44N2S/c1-3-18-53(19-4-1)72(54-20-5-2-6-21-54)63-27-13-11-25-61(63)69-57(26-15-28-64(69)72)47-32-30-45(31-33-47)55-38-39-56(59-23-10-9-22-58(55)59)46-34-36-48(37-35-46)66-44-62-60-24-12-14-29-68(60)75-70(62)71-73-65-42-51-40-49-16-7-8-17-50(49)41-52(51)43-67(65)74(66)71/h1-44H. The molecule has 0 unspecified atom stereocenters. The lowest BCUT2D eigenvalue weighted by Gasteiger charge is -2.34. The molecule has 0 radical (unpaired) electrons. The van der Waals surface area contributed by atoms with Crippen LogP contribution in [0.5, 0.6) is 0 Å². The van der Waals surface area contributed by atoms with Gasteiger partial charge in [0.1, 0.15) is 0 Å². The molecule has 3 heteroatoms. The summed E-state index contributed by atoms with van der Waals surface area (Å²) in [7, 11) is 0. The number of hydrogen-bond acceptors (Lipinski definition) is 2. The molecule has 1 aliphatic rings. The number of thiophene rings is 1. The fourth-order valence-corrected chi connectivity index (χ4v) is 14.0. The molecule has 2 nitrogen and oxygen atoms in total. The Morgan fingerprint density at radius 1 is 0.347 bits per heavy atom. The van der Waals surface area contributed by atoms with E-state index in [-0.39, 0.29) is 0 Å². The van der Waals surface area contributed by atoms with Crippen molar-refractivity contribution in [1.82, 2.24) is 9.38 Å². The van der Waals surface area contributed by atoms with Crippen LogP contribution in [0, 0.1) is 0 Å². The molecule has 0 fully saturated rings. The monoisotopic (exact) mass is 968 g/mol. The van der Waals surface area contributed by atoms with Gasteiger partial charge in [-0.05, 0) is 141 Å². The van der Waals surface area contributed by atoms with Crippen LogP contribution in [0.3, 0.4) is 0 Å². The van der Waals surface area contributed by atoms with Gasteiger partial charge in [0.15, 0.2) is 5.65 Å². The fourth-order valence-electron chi connectivity index (χ4n) is 12.9. The van der Waals surface area contributed by atoms with Crippen molar-refractivity contribution in [3.63, 3.8) is 0 Å². The van der Waals surface area contributed by atoms with Crippen LogP contribution >= 0.6 is 11.3 Å². The summed E-state index contributed by atoms with van der Waals surface area (Å²) in [5.41, 5.74) is 20.0. The van der Waals surface area contributed by atoms with Crippen LogP contribution in [0.25, 0.3) is 125 Å². The smallest absolute Gasteiger partial charge is 0.156 e. The molecule has 15 aromatic rings. The van der Waals surface area contributed by atoms with Gasteiger partial charge in [-0.1, -0.05) is 231 Å². The van der Waals surface area contributed by atoms with Gasteiger partial charge in [0.25, 0.3) is 0 Å². The minimum Gasteiger partial charge on any atom is -0.291 e. The molecule has 0 atom stereocenters. The van der Waals surface area contributed by atoms with Crippen molar-refractivity contribution in [3.8, 4) is 55.8 Å². The lowest BCUT2D eigenvalue weighted by molar-refractivity contribution is 0.768. The van der Waals surface area contributed by atoms with Crippen LogP contribution in [0.4, 0.5) is 0 Å². The van der Waals surface area contributed by atoms with Crippen LogP contribution in [-0.4, -0.2) is 9.38 Å². The van der Waals surface area contributed by atoms with Gasteiger partial charge in [0.2, 0.25) is 0 Å². The summed E-state index contributed by atoms with van der Waals surface area (Å²) in [6, 6.07) is 99.0. The summed E-state index contributed by atoms with van der Waals surface area (Å²) < 4.78 is 4.89. The van der Waals surface area contributed by atoms with Crippen LogP contribution in [0.15, 0.2) is 267 Å². The normalized spacial score (nSPS) is 12.9. The third kappa shape index (κ3) is 6.23. The maximum atomic E-state index is 5.43. The summed E-state index contributed by atoms with van der Waals surface area (Å²) in [5.74, 6) is 0. The van der Waals surface area contributed by atoms with Crippen molar-refractivity contribution in [3.05, 3.63) is 289 Å². The summed E-state index contributed by atoms with van der Waals surface area (Å²) in [6.45, 7) is 0. The van der Waals surface area contributed by atoms with Gasteiger partial charge in [-0.15, -0.1) is 11.3 Å². The minimum absolute atomic E-state index is 0.438. The van der Waals surface area contributed by atoms with E-state index in [4.69, 9.17) is 4.98 Å². The lowest BCUT2D eigenvalue weighted by Crippen LogP contribution is -2.28. The molecule has 0 saturated carbocycles. The number of rotatable bonds is 6. The Labute approximate surface area is 437 Å². The first kappa shape index (κ1) is 42.1. The topological polar surface area (TPSA) is 17.3 Å². The molecule has 3 aromatic heterocycles. The van der Waals surface area contributed by atoms with E-state index in [1.165, 1.54) is 119 Å². The van der Waals surface area contributed by atoms with Crippen molar-refractivity contribution in [2.75, 3.05) is 0 Å². The number of hydrogen-bond donors (Lipinski definition) is 0. The zero-order valence-electron chi connectivity index (χ0n) is 40.7. The number of pyridine rings is 1. The minimum atomic E-state index is -0.438. The number of imidazole rings is 1. The maximum absolute atomic E-state index is 5.43. The van der Waals surface area contributed by atoms with Gasteiger partial charge in [-0.3, -0.25) is 4.40 Å². The summed E-state index contributed by atoms with van der Waals surface area (Å²) in [4.78, 5) is 5.43. The molecule has 0 saturated heterocycles. The maximum Gasteiger partial charge on any atom is 0.156 e. The zero-order chi connectivity index (χ0) is 49.2. The zero-order valence-corrected chi connectivity index (χ0v) is 41.5. The first-order valence-electron chi connectivity index (χ1n) is 25.8. The lowest BCUT2D eigenvalue weighted by atomic mass is 9.67. The van der Waals surface area contributed by atoms with Crippen molar-refractivity contribution in [2.24, 2.45) is 0 Å². The molecular weight excluding hydrogens is 925 g/mol. The van der Waals surface area contributed by atoms with Crippen molar-refractivity contribution in [1.29, 1.82) is 0 Å². The molecule has 75 heavy (non-hydrogen) atoms. The molecular formula is C72H44N2S. The number of aromatic nitrogens is 2. The van der Waals surface area contributed by atoms with E-state index < -0.39 is 5.41 Å². The van der Waals surface area contributed by atoms with E-state index in [0.717, 1.165) is 27.9 Å². The second kappa shape index (κ2) is 16.3. The average molecular weight is 969 g/mol. The fraction of sp³-hybridized carbons (Fsp3) is 0.0139. The van der Waals surface area contributed by atoms with Crippen LogP contribution in [0.2, 0.25) is 0 Å². The Morgan fingerprint density at radius 2 is 0.867 bits per heavy atom. The molecule has 12 aromatic carbocycles. The average Bonchev–Trinajstić information content (AvgIpc) is 4.28. The van der Waals surface area contributed by atoms with E-state index in [0.29, 0.717) is 0 Å². The van der Waals surface area contributed by atoms with E-state index >= 15 is 0 Å². The Kier molecular flexibility index (Phi) is 9.16. The molecule has 0 spiro atoms. The predicted molar refractivity (Wildman–Crippen MR) is 317 cm³/mol. The highest BCUT2D eigenvalue weighted by molar-refractivity contribution is 7.26. The molecule has 0 aliphatic heterocycles. The Bertz CT molecular complexity index is 4760. The second-order valence-electron chi connectivity index (χ2n) is 20.1. The summed E-state index contributed by atoms with van der Waals surface area (Å²) in [5, 5.41) is 9.88. The Balaban J connectivity index is 0.789. The van der Waals surface area contributed by atoms with Gasteiger partial charge in [0.05, 0.1) is 26.8 Å². The molecule has 1 aliphatic carbocycles. The quantitative estimate of drug-likeness (QED) is 0.152. The largest absolute Gasteiger partial charge is 0.291 e. The van der Waals surface area contributed by atoms with Gasteiger partial charge in [0, 0.05) is 15.5 Å². The van der Waals surface area contributed by atoms with Gasteiger partial charge < -0.3 is 0 Å².